The van der Waals surface area contributed by atoms with Crippen LogP contribution in [0.3, 0.4) is 0 Å². The summed E-state index contributed by atoms with van der Waals surface area (Å²) in [7, 11) is -2.54. The first kappa shape index (κ1) is 24.7. The predicted molar refractivity (Wildman–Crippen MR) is 135 cm³/mol. The van der Waals surface area contributed by atoms with Crippen molar-refractivity contribution in [1.29, 1.82) is 0 Å². The Bertz CT molecular complexity index is 831. The maximum atomic E-state index is 11.6. The second-order valence-corrected chi connectivity index (χ2v) is 15.4. The Labute approximate surface area is 195 Å². The smallest absolute Gasteiger partial charge is 0.309 e. The molecule has 1 aliphatic rings. The van der Waals surface area contributed by atoms with Crippen molar-refractivity contribution in [2.24, 2.45) is 11.3 Å². The highest BCUT2D eigenvalue weighted by molar-refractivity contribution is 6.99. The summed E-state index contributed by atoms with van der Waals surface area (Å²) in [5, 5.41) is 12.1. The molecule has 0 aromatic heterocycles. The molecule has 2 atom stereocenters. The average Bonchev–Trinajstić information content (AvgIpc) is 2.77. The average molecular weight is 453 g/mol. The molecule has 32 heavy (non-hydrogen) atoms. The van der Waals surface area contributed by atoms with Crippen LogP contribution in [0.15, 0.2) is 60.7 Å². The maximum Gasteiger partial charge on any atom is 0.309 e. The number of hydrogen-bond acceptors (Lipinski definition) is 2. The summed E-state index contributed by atoms with van der Waals surface area (Å²) in [5.74, 6) is -0.168. The summed E-state index contributed by atoms with van der Waals surface area (Å²) in [6.07, 6.45) is 6.34. The van der Waals surface area contributed by atoms with Gasteiger partial charge in [-0.1, -0.05) is 94.3 Å². The van der Waals surface area contributed by atoms with E-state index >= 15 is 0 Å². The van der Waals surface area contributed by atoms with Crippen LogP contribution in [0.4, 0.5) is 0 Å². The summed E-state index contributed by atoms with van der Waals surface area (Å²) in [6.45, 7) is 10.7. The number of rotatable bonds is 8. The van der Waals surface area contributed by atoms with E-state index in [1.165, 1.54) is 16.8 Å². The lowest BCUT2D eigenvalue weighted by molar-refractivity contribution is -0.147. The van der Waals surface area contributed by atoms with Gasteiger partial charge in [-0.05, 0) is 60.9 Å². The third kappa shape index (κ3) is 5.35. The second-order valence-electron chi connectivity index (χ2n) is 11.2. The van der Waals surface area contributed by atoms with Crippen LogP contribution in [0, 0.1) is 11.3 Å². The molecule has 2 aromatic rings. The van der Waals surface area contributed by atoms with Gasteiger partial charge in [0, 0.05) is 6.10 Å². The van der Waals surface area contributed by atoms with Gasteiger partial charge in [-0.2, -0.15) is 0 Å². The van der Waals surface area contributed by atoms with Gasteiger partial charge in [0.2, 0.25) is 0 Å². The number of aliphatic carboxylic acids is 1. The fourth-order valence-corrected chi connectivity index (χ4v) is 9.95. The Morgan fingerprint density at radius 1 is 0.938 bits per heavy atom. The van der Waals surface area contributed by atoms with E-state index in [9.17, 15) is 9.90 Å². The summed E-state index contributed by atoms with van der Waals surface area (Å²) >= 11 is 0. The van der Waals surface area contributed by atoms with Crippen molar-refractivity contribution in [3.8, 4) is 0 Å². The minimum atomic E-state index is -2.54. The molecule has 3 nitrogen and oxygen atoms in total. The van der Waals surface area contributed by atoms with Crippen molar-refractivity contribution in [2.45, 2.75) is 84.3 Å². The van der Waals surface area contributed by atoms with E-state index in [1.54, 1.807) is 0 Å². The molecule has 1 aliphatic carbocycles. The minimum Gasteiger partial charge on any atom is -0.481 e. The molecule has 1 saturated carbocycles. The lowest BCUT2D eigenvalue weighted by atomic mass is 9.79. The monoisotopic (exact) mass is 452 g/mol. The number of carboxylic acids is 1. The minimum absolute atomic E-state index is 0.0199. The van der Waals surface area contributed by atoms with Crippen LogP contribution in [0.1, 0.15) is 73.1 Å². The molecule has 1 fully saturated rings. The molecule has 0 heterocycles. The van der Waals surface area contributed by atoms with Crippen molar-refractivity contribution < 1.29 is 14.3 Å². The quantitative estimate of drug-likeness (QED) is 0.499. The van der Waals surface area contributed by atoms with Crippen LogP contribution >= 0.6 is 0 Å². The summed E-state index contributed by atoms with van der Waals surface area (Å²) in [5.41, 5.74) is -0.661. The Morgan fingerprint density at radius 2 is 1.47 bits per heavy atom. The standard InChI is InChI=1S/C28H40O3Si/c1-27(2,3)32(24-15-8-6-9-16-24,25-17-10-7-11-18-25)31-23-14-12-13-22(21-23)19-20-28(4,5)26(29)30/h6-11,15-18,22-23H,12-14,19-21H2,1-5H3,(H,29,30)/t22-,23-/m1/s1. The Hall–Kier alpha value is -1.91. The number of carbonyl (C=O) groups is 1. The fraction of sp³-hybridized carbons (Fsp3) is 0.536. The highest BCUT2D eigenvalue weighted by atomic mass is 28.4. The highest BCUT2D eigenvalue weighted by Crippen LogP contribution is 2.41. The van der Waals surface area contributed by atoms with Gasteiger partial charge in [-0.3, -0.25) is 4.79 Å². The Kier molecular flexibility index (Phi) is 7.67. The van der Waals surface area contributed by atoms with E-state index in [2.05, 4.69) is 81.4 Å². The zero-order valence-electron chi connectivity index (χ0n) is 20.4. The lowest BCUT2D eigenvalue weighted by Crippen LogP contribution is -2.67. The van der Waals surface area contributed by atoms with E-state index < -0.39 is 19.7 Å². The molecule has 2 aromatic carbocycles. The summed E-state index contributed by atoms with van der Waals surface area (Å²) in [4.78, 5) is 11.6. The Balaban J connectivity index is 1.89. The summed E-state index contributed by atoms with van der Waals surface area (Å²) < 4.78 is 7.35. The van der Waals surface area contributed by atoms with Crippen molar-refractivity contribution in [3.63, 3.8) is 0 Å². The van der Waals surface area contributed by atoms with Crippen LogP contribution in [0.25, 0.3) is 0 Å². The molecule has 0 unspecified atom stereocenters. The van der Waals surface area contributed by atoms with E-state index in [0.717, 1.165) is 32.1 Å². The molecule has 0 amide bonds. The zero-order valence-corrected chi connectivity index (χ0v) is 21.4. The van der Waals surface area contributed by atoms with Gasteiger partial charge in [-0.15, -0.1) is 0 Å². The number of hydrogen-bond donors (Lipinski definition) is 1. The number of carboxylic acid groups (broad SMARTS) is 1. The normalized spacial score (nSPS) is 20.2. The molecule has 0 aliphatic heterocycles. The topological polar surface area (TPSA) is 46.5 Å². The van der Waals surface area contributed by atoms with Gasteiger partial charge in [-0.25, -0.2) is 0 Å². The summed E-state index contributed by atoms with van der Waals surface area (Å²) in [6, 6.07) is 21.7. The highest BCUT2D eigenvalue weighted by Gasteiger charge is 2.51. The molecular formula is C28H40O3Si. The van der Waals surface area contributed by atoms with Gasteiger partial charge >= 0.3 is 5.97 Å². The van der Waals surface area contributed by atoms with Gasteiger partial charge in [0.25, 0.3) is 8.32 Å². The van der Waals surface area contributed by atoms with Crippen molar-refractivity contribution in [2.75, 3.05) is 0 Å². The number of benzene rings is 2. The molecule has 0 bridgehead atoms. The Morgan fingerprint density at radius 3 is 1.94 bits per heavy atom. The van der Waals surface area contributed by atoms with E-state index in [4.69, 9.17) is 4.43 Å². The van der Waals surface area contributed by atoms with Gasteiger partial charge in [0.05, 0.1) is 5.41 Å². The van der Waals surface area contributed by atoms with E-state index in [-0.39, 0.29) is 11.1 Å². The first-order valence-corrected chi connectivity index (χ1v) is 14.0. The van der Waals surface area contributed by atoms with Crippen LogP contribution in [0.2, 0.25) is 5.04 Å². The third-order valence-corrected chi connectivity index (χ3v) is 12.3. The van der Waals surface area contributed by atoms with Crippen LogP contribution in [0.5, 0.6) is 0 Å². The maximum absolute atomic E-state index is 11.6. The van der Waals surface area contributed by atoms with E-state index in [0.29, 0.717) is 5.92 Å². The first-order valence-electron chi connectivity index (χ1n) is 12.1. The predicted octanol–water partition coefficient (Wildman–Crippen LogP) is 6.01. The molecule has 0 saturated heterocycles. The van der Waals surface area contributed by atoms with Gasteiger partial charge < -0.3 is 9.53 Å². The van der Waals surface area contributed by atoms with E-state index in [1.807, 2.05) is 13.8 Å². The first-order chi connectivity index (χ1) is 15.1. The van der Waals surface area contributed by atoms with Crippen LogP contribution in [-0.4, -0.2) is 25.5 Å². The van der Waals surface area contributed by atoms with Crippen LogP contribution < -0.4 is 10.4 Å². The molecular weight excluding hydrogens is 412 g/mol. The van der Waals surface area contributed by atoms with Crippen LogP contribution in [-0.2, 0) is 9.22 Å². The SMILES string of the molecule is CC(C)(CC[C@H]1CCC[C@@H](O[Si](c2ccccc2)(c2ccccc2)C(C)(C)C)C1)C(=O)O. The van der Waals surface area contributed by atoms with Crippen molar-refractivity contribution in [3.05, 3.63) is 60.7 Å². The molecule has 0 spiro atoms. The largest absolute Gasteiger partial charge is 0.481 e. The second kappa shape index (κ2) is 9.92. The molecule has 3 rings (SSSR count). The van der Waals surface area contributed by atoms with Gasteiger partial charge in [0.1, 0.15) is 0 Å². The molecule has 0 radical (unpaired) electrons. The zero-order chi connectivity index (χ0) is 23.4. The molecule has 1 N–H and O–H groups in total. The molecule has 174 valence electrons. The molecule has 4 heteroatoms. The van der Waals surface area contributed by atoms with Gasteiger partial charge in [0.15, 0.2) is 0 Å². The fourth-order valence-electron chi connectivity index (χ4n) is 5.22. The van der Waals surface area contributed by atoms with Crippen molar-refractivity contribution in [1.82, 2.24) is 0 Å². The van der Waals surface area contributed by atoms with Crippen molar-refractivity contribution >= 4 is 24.7 Å². The lowest BCUT2D eigenvalue weighted by Gasteiger charge is -2.46. The third-order valence-electron chi connectivity index (χ3n) is 7.25.